The van der Waals surface area contributed by atoms with Crippen molar-refractivity contribution in [3.8, 4) is 0 Å². The third-order valence-electron chi connectivity index (χ3n) is 0.130. The van der Waals surface area contributed by atoms with Gasteiger partial charge in [-0.2, -0.15) is 0 Å². The summed E-state index contributed by atoms with van der Waals surface area (Å²) < 4.78 is 69.1. The predicted octanol–water partition coefficient (Wildman–Crippen LogP) is 4.09. The van der Waals surface area contributed by atoms with E-state index in [-0.39, 0.29) is 0 Å². The Balaban J connectivity index is 0. The Kier molecular flexibility index (Phi) is 2.71. The highest BCUT2D eigenvalue weighted by Crippen LogP contribution is 2.94. The van der Waals surface area contributed by atoms with Gasteiger partial charge in [0, 0.05) is 0 Å². The number of hydrogen-bond acceptors (Lipinski definition) is 1. The Hall–Kier alpha value is -0.110. The molecule has 0 unspecified atom stereocenters. The van der Waals surface area contributed by atoms with Crippen LogP contribution in [0.3, 0.4) is 0 Å². The van der Waals surface area contributed by atoms with E-state index < -0.39 is 15.3 Å². The lowest BCUT2D eigenvalue weighted by molar-refractivity contribution is 0.268. The molecule has 1 N–H and O–H groups in total. The Bertz CT molecular complexity index is 137. The van der Waals surface area contributed by atoms with Gasteiger partial charge in [0.2, 0.25) is 0 Å². The maximum atomic E-state index is 10.7. The smallest absolute Gasteiger partial charge is 0.118 e. The Morgan fingerprint density at radius 1 is 1.18 bits per heavy atom. The van der Waals surface area contributed by atoms with Crippen LogP contribution in [0.2, 0.25) is 1.41 Å². The van der Waals surface area contributed by atoms with E-state index >= 15 is 0 Å². The second-order valence-electron chi connectivity index (χ2n) is 1.70. The number of nitrogens with one attached hydrogen (secondary N) is 1. The van der Waals surface area contributed by atoms with E-state index in [1.165, 1.54) is 6.42 Å². The zero-order valence-corrected chi connectivity index (χ0v) is 6.65. The van der Waals surface area contributed by atoms with Gasteiger partial charge < -0.3 is 0 Å². The lowest BCUT2D eigenvalue weighted by atomic mass is 10.6. The van der Waals surface area contributed by atoms with Crippen LogP contribution in [0.25, 0.3) is 0 Å². The van der Waals surface area contributed by atoms with Gasteiger partial charge in [0.1, 0.15) is 0 Å². The second-order valence-corrected chi connectivity index (χ2v) is 3.70. The van der Waals surface area contributed by atoms with Crippen LogP contribution in [0.15, 0.2) is 0 Å². The number of halogens is 6. The van der Waals surface area contributed by atoms with E-state index in [4.69, 9.17) is 1.41 Å². The van der Waals surface area contributed by atoms with Crippen LogP contribution in [0.4, 0.5) is 23.9 Å². The molecule has 0 spiro atoms. The summed E-state index contributed by atoms with van der Waals surface area (Å²) in [4.78, 5) is -3.24. The monoisotopic (exact) mass is 207 g/mol. The zero-order valence-electron chi connectivity index (χ0n) is 6.83. The Morgan fingerprint density at radius 3 is 1.27 bits per heavy atom. The van der Waals surface area contributed by atoms with Gasteiger partial charge in [-0.15, -0.1) is 4.48 Å². The standard InChI is InChI=1S/C3H8.F6HNS/c1-3-2;1-7-8(2,3,4,5)6/h3H2,1-2H3;7H/i/hT. The van der Waals surface area contributed by atoms with E-state index in [0.29, 0.717) is 0 Å². The summed E-state index contributed by atoms with van der Waals surface area (Å²) in [5.41, 5.74) is 0. The molecule has 0 aromatic heterocycles. The van der Waals surface area contributed by atoms with Crippen molar-refractivity contribution in [2.24, 2.45) is 0 Å². The molecular weight excluding hydrogens is 196 g/mol. The molecule has 0 aliphatic heterocycles. The van der Waals surface area contributed by atoms with Crippen LogP contribution in [-0.4, -0.2) is 0 Å². The first-order valence-corrected chi connectivity index (χ1v) is 4.45. The minimum atomic E-state index is -10.3. The minimum absolute atomic E-state index is 1.25. The molecular formula is C3H9F6NS. The van der Waals surface area contributed by atoms with Gasteiger partial charge in [-0.05, 0) is 4.94 Å². The molecule has 8 heteroatoms. The summed E-state index contributed by atoms with van der Waals surface area (Å²) in [6.45, 7) is 4.25. The molecule has 11 heavy (non-hydrogen) atoms. The lowest BCUT2D eigenvalue weighted by Crippen LogP contribution is -2.18. The lowest BCUT2D eigenvalue weighted by Gasteiger charge is -2.36. The molecule has 0 radical (unpaired) electrons. The predicted molar refractivity (Wildman–Crippen MR) is 33.3 cm³/mol. The third kappa shape index (κ3) is 25.7. The summed E-state index contributed by atoms with van der Waals surface area (Å²) >= 11 is 0. The van der Waals surface area contributed by atoms with Crippen LogP contribution in [0, 0.1) is 0 Å². The van der Waals surface area contributed by atoms with Gasteiger partial charge in [-0.3, -0.25) is 0 Å². The van der Waals surface area contributed by atoms with Crippen molar-refractivity contribution in [1.29, 1.82) is 0 Å². The van der Waals surface area contributed by atoms with Crippen LogP contribution in [0.5, 0.6) is 0 Å². The third-order valence-corrected chi connectivity index (χ3v) is 0.391. The molecule has 0 saturated carbocycles. The van der Waals surface area contributed by atoms with E-state index in [2.05, 4.69) is 13.8 Å². The molecule has 0 aliphatic carbocycles. The highest BCUT2D eigenvalue weighted by atomic mass is 32.5. The maximum Gasteiger partial charge on any atom is 0.367 e. The molecule has 0 saturated heterocycles. The molecule has 0 aromatic rings. The van der Waals surface area contributed by atoms with Gasteiger partial charge >= 0.3 is 10.4 Å². The Labute approximate surface area is 62.0 Å². The van der Waals surface area contributed by atoms with Gasteiger partial charge in [-0.1, -0.05) is 39.7 Å². The Morgan fingerprint density at radius 2 is 1.27 bits per heavy atom. The molecule has 0 aliphatic rings. The topological polar surface area (TPSA) is 12.0 Å². The van der Waals surface area contributed by atoms with Crippen molar-refractivity contribution >= 4 is 10.4 Å². The molecule has 1 nitrogen and oxygen atoms in total. The summed E-state index contributed by atoms with van der Waals surface area (Å²) in [5.74, 6) is 0. The van der Waals surface area contributed by atoms with Crippen molar-refractivity contribution in [2.75, 3.05) is 0 Å². The molecule has 0 fully saturated rings. The first kappa shape index (κ1) is 10.9. The first-order chi connectivity index (χ1) is 4.85. The van der Waals surface area contributed by atoms with Crippen LogP contribution in [-0.2, 0) is 0 Å². The van der Waals surface area contributed by atoms with E-state index in [9.17, 15) is 23.9 Å². The fraction of sp³-hybridized carbons (Fsp3) is 1.00. The van der Waals surface area contributed by atoms with Crippen LogP contribution >= 0.6 is 10.4 Å². The van der Waals surface area contributed by atoms with Crippen molar-refractivity contribution < 1.29 is 25.3 Å². The summed E-state index contributed by atoms with van der Waals surface area (Å²) in [6.07, 6.45) is 1.25. The van der Waals surface area contributed by atoms with Gasteiger partial charge in [0.25, 0.3) is 0 Å². The average molecular weight is 207 g/mol. The van der Waals surface area contributed by atoms with E-state index in [1.807, 2.05) is 0 Å². The fourth-order valence-corrected chi connectivity index (χ4v) is 0. The highest BCUT2D eigenvalue weighted by Gasteiger charge is 2.64. The normalized spacial score (nSPS) is 19.2. The molecule has 0 atom stereocenters. The molecule has 0 heterocycles. The quantitative estimate of drug-likeness (QED) is 0.504. The molecule has 0 amide bonds. The van der Waals surface area contributed by atoms with Gasteiger partial charge in [0.05, 0.1) is 0 Å². The summed E-state index contributed by atoms with van der Waals surface area (Å²) in [7, 11) is -10.3. The minimum Gasteiger partial charge on any atom is -0.118 e. The van der Waals surface area contributed by atoms with E-state index in [1.54, 1.807) is 0 Å². The van der Waals surface area contributed by atoms with Crippen molar-refractivity contribution in [1.82, 2.24) is 4.94 Å². The van der Waals surface area contributed by atoms with Crippen molar-refractivity contribution in [3.63, 3.8) is 0 Å². The molecule has 0 aromatic carbocycles. The van der Waals surface area contributed by atoms with E-state index in [0.717, 1.165) is 0 Å². The van der Waals surface area contributed by atoms with Crippen molar-refractivity contribution in [2.45, 2.75) is 20.3 Å². The van der Waals surface area contributed by atoms with Gasteiger partial charge in [-0.25, -0.2) is 0 Å². The molecule has 0 rings (SSSR count). The van der Waals surface area contributed by atoms with Crippen LogP contribution < -0.4 is 4.94 Å². The molecule has 0 bridgehead atoms. The SMILES string of the molecule is CCC.[3H]N(F)S(F)(F)(F)(F)F. The first-order valence-electron chi connectivity index (χ1n) is 2.98. The molecule has 74 valence electrons. The second kappa shape index (κ2) is 2.74. The fourth-order valence-electron chi connectivity index (χ4n) is 0. The number of hydrogen-bond donors (Lipinski definition) is 1. The van der Waals surface area contributed by atoms with Gasteiger partial charge in [0.15, 0.2) is 1.41 Å². The van der Waals surface area contributed by atoms with Crippen LogP contribution in [0.1, 0.15) is 20.3 Å². The summed E-state index contributed by atoms with van der Waals surface area (Å²) in [6, 6.07) is 0. The zero-order chi connectivity index (χ0) is 10.7. The number of rotatable bonds is 1. The summed E-state index contributed by atoms with van der Waals surface area (Å²) in [5, 5.41) is 0. The highest BCUT2D eigenvalue weighted by molar-refractivity contribution is 8.44. The largest absolute Gasteiger partial charge is 0.367 e. The van der Waals surface area contributed by atoms with Crippen molar-refractivity contribution in [3.05, 3.63) is 0 Å². The average Bonchev–Trinajstić information content (AvgIpc) is 1.59. The maximum absolute atomic E-state index is 10.7.